The Bertz CT molecular complexity index is 1500. The van der Waals surface area contributed by atoms with Crippen LogP contribution >= 0.6 is 0 Å². The third-order valence-corrected chi connectivity index (χ3v) is 6.47. The van der Waals surface area contributed by atoms with Gasteiger partial charge in [-0.1, -0.05) is 72.9 Å². The van der Waals surface area contributed by atoms with E-state index in [0.717, 1.165) is 33.4 Å². The van der Waals surface area contributed by atoms with Crippen LogP contribution in [0.5, 0.6) is 52.5 Å². The molecule has 0 aliphatic heterocycles. The third-order valence-electron chi connectivity index (χ3n) is 6.47. The summed E-state index contributed by atoms with van der Waals surface area (Å²) in [4.78, 5) is 13.6. The zero-order valence-corrected chi connectivity index (χ0v) is 26.7. The quantitative estimate of drug-likeness (QED) is 0.123. The molecule has 45 heavy (non-hydrogen) atoms. The fourth-order valence-electron chi connectivity index (χ4n) is 4.64. The number of hydrogen-bond donors (Lipinski definition) is 0. The molecule has 0 amide bonds. The second kappa shape index (κ2) is 14.9. The molecule has 0 spiro atoms. The molecule has 9 heteroatoms. The number of allylic oxidation sites excluding steroid dienone is 3. The molecule has 0 saturated heterocycles. The number of nitrogens with zero attached hydrogens (tertiary/aromatic N) is 3. The minimum atomic E-state index is -0.0739. The maximum absolute atomic E-state index is 6.31. The van der Waals surface area contributed by atoms with E-state index in [9.17, 15) is 0 Å². The Labute approximate surface area is 264 Å². The largest absolute Gasteiger partial charge is 0.493 e. The third kappa shape index (κ3) is 8.41. The van der Waals surface area contributed by atoms with Gasteiger partial charge < -0.3 is 28.4 Å². The van der Waals surface area contributed by atoms with Gasteiger partial charge in [-0.15, -0.1) is 15.0 Å². The molecule has 0 aliphatic rings. The monoisotopic (exact) mass is 609 g/mol. The van der Waals surface area contributed by atoms with Crippen molar-refractivity contribution in [2.24, 2.45) is 0 Å². The van der Waals surface area contributed by atoms with Gasteiger partial charge in [-0.3, -0.25) is 0 Å². The van der Waals surface area contributed by atoms with Crippen LogP contribution in [0, 0.1) is 0 Å². The van der Waals surface area contributed by atoms with Crippen molar-refractivity contribution >= 4 is 0 Å². The first-order valence-corrected chi connectivity index (χ1v) is 14.3. The molecule has 0 bridgehead atoms. The van der Waals surface area contributed by atoms with Crippen LogP contribution in [-0.2, 0) is 19.3 Å². The summed E-state index contributed by atoms with van der Waals surface area (Å²) in [6.07, 6.45) is 1.67. The molecular weight excluding hydrogens is 570 g/mol. The van der Waals surface area contributed by atoms with Gasteiger partial charge in [0.2, 0.25) is 0 Å². The first-order valence-electron chi connectivity index (χ1n) is 14.3. The number of benzene rings is 3. The van der Waals surface area contributed by atoms with Crippen LogP contribution in [0.15, 0.2) is 91.1 Å². The average Bonchev–Trinajstić information content (AvgIpc) is 2.99. The fourth-order valence-corrected chi connectivity index (χ4v) is 4.64. The highest BCUT2D eigenvalue weighted by Gasteiger charge is 2.21. The molecule has 0 saturated carbocycles. The minimum Gasteiger partial charge on any atom is -0.493 e. The first kappa shape index (κ1) is 32.6. The number of hydrogen-bond acceptors (Lipinski definition) is 9. The van der Waals surface area contributed by atoms with Crippen molar-refractivity contribution in [3.05, 3.63) is 108 Å². The average molecular weight is 610 g/mol. The molecule has 0 radical (unpaired) electrons. The molecule has 0 fully saturated rings. The van der Waals surface area contributed by atoms with Crippen molar-refractivity contribution in [1.29, 1.82) is 0 Å². The molecule has 4 aromatic rings. The zero-order valence-electron chi connectivity index (χ0n) is 26.7. The van der Waals surface area contributed by atoms with Gasteiger partial charge in [0.05, 0.1) is 21.3 Å². The van der Waals surface area contributed by atoms with E-state index in [1.54, 1.807) is 39.5 Å². The molecule has 0 N–H and O–H groups in total. The van der Waals surface area contributed by atoms with Gasteiger partial charge in [-0.2, -0.15) is 0 Å². The summed E-state index contributed by atoms with van der Waals surface area (Å²) in [5, 5.41) is 0. The van der Waals surface area contributed by atoms with E-state index < -0.39 is 0 Å². The molecule has 9 nitrogen and oxygen atoms in total. The van der Waals surface area contributed by atoms with Crippen molar-refractivity contribution in [2.75, 3.05) is 21.3 Å². The van der Waals surface area contributed by atoms with E-state index in [1.807, 2.05) is 57.2 Å². The van der Waals surface area contributed by atoms with Gasteiger partial charge in [0.15, 0.2) is 34.5 Å². The molecule has 0 atom stereocenters. The van der Waals surface area contributed by atoms with Crippen LogP contribution in [0.2, 0.25) is 0 Å². The summed E-state index contributed by atoms with van der Waals surface area (Å²) in [6, 6.07) is 16.6. The summed E-state index contributed by atoms with van der Waals surface area (Å²) in [7, 11) is 4.70. The number of aromatic nitrogens is 3. The van der Waals surface area contributed by atoms with Crippen molar-refractivity contribution in [2.45, 2.75) is 40.0 Å². The maximum Gasteiger partial charge on any atom is 0.331 e. The van der Waals surface area contributed by atoms with E-state index in [2.05, 4.69) is 34.7 Å². The molecule has 234 valence electrons. The summed E-state index contributed by atoms with van der Waals surface area (Å²) in [6.45, 7) is 18.0. The minimum absolute atomic E-state index is 0.0739. The Morgan fingerprint density at radius 2 is 0.756 bits per heavy atom. The molecule has 0 unspecified atom stereocenters. The highest BCUT2D eigenvalue weighted by atomic mass is 16.6. The maximum atomic E-state index is 6.31. The Kier molecular flexibility index (Phi) is 10.8. The van der Waals surface area contributed by atoms with Gasteiger partial charge in [0, 0.05) is 16.7 Å². The van der Waals surface area contributed by atoms with Crippen molar-refractivity contribution in [1.82, 2.24) is 15.0 Å². The van der Waals surface area contributed by atoms with Crippen molar-refractivity contribution < 1.29 is 28.4 Å². The Morgan fingerprint density at radius 1 is 0.489 bits per heavy atom. The lowest BCUT2D eigenvalue weighted by Crippen LogP contribution is -2.06. The summed E-state index contributed by atoms with van der Waals surface area (Å²) >= 11 is 0. The van der Waals surface area contributed by atoms with Crippen LogP contribution in [0.1, 0.15) is 37.5 Å². The van der Waals surface area contributed by atoms with E-state index in [-0.39, 0.29) is 18.0 Å². The van der Waals surface area contributed by atoms with Crippen LogP contribution in [0.4, 0.5) is 0 Å². The lowest BCUT2D eigenvalue weighted by Gasteiger charge is -2.17. The van der Waals surface area contributed by atoms with Gasteiger partial charge in [-0.05, 0) is 58.2 Å². The summed E-state index contributed by atoms with van der Waals surface area (Å²) in [5.41, 5.74) is 5.36. The van der Waals surface area contributed by atoms with E-state index in [0.29, 0.717) is 53.8 Å². The SMILES string of the molecule is C=C(C)Cc1cccc(OC)c1Oc1nc(Oc2c(CC(=C)C)cccc2OC)nc(Oc2c(CC(=C)C)cccc2OC)n1. The van der Waals surface area contributed by atoms with Crippen LogP contribution in [-0.4, -0.2) is 36.3 Å². The van der Waals surface area contributed by atoms with E-state index in [4.69, 9.17) is 28.4 Å². The number of methoxy groups -OCH3 is 3. The lowest BCUT2D eigenvalue weighted by atomic mass is 10.1. The van der Waals surface area contributed by atoms with E-state index >= 15 is 0 Å². The smallest absolute Gasteiger partial charge is 0.331 e. The number of para-hydroxylation sites is 3. The second-order valence-corrected chi connectivity index (χ2v) is 10.7. The highest BCUT2D eigenvalue weighted by Crippen LogP contribution is 2.40. The van der Waals surface area contributed by atoms with Gasteiger partial charge in [-0.25, -0.2) is 0 Å². The Morgan fingerprint density at radius 3 is 0.978 bits per heavy atom. The normalized spacial score (nSPS) is 10.5. The second-order valence-electron chi connectivity index (χ2n) is 10.7. The molecule has 4 rings (SSSR count). The first-order chi connectivity index (χ1) is 21.6. The fraction of sp³-hybridized carbons (Fsp3) is 0.250. The zero-order chi connectivity index (χ0) is 32.5. The van der Waals surface area contributed by atoms with Crippen LogP contribution in [0.3, 0.4) is 0 Å². The molecular formula is C36H39N3O6. The summed E-state index contributed by atoms with van der Waals surface area (Å²) in [5.74, 6) is 2.81. The predicted octanol–water partition coefficient (Wildman–Crippen LogP) is 8.63. The van der Waals surface area contributed by atoms with Gasteiger partial charge >= 0.3 is 18.0 Å². The number of ether oxygens (including phenoxy) is 6. The van der Waals surface area contributed by atoms with Crippen LogP contribution < -0.4 is 28.4 Å². The standard InChI is InChI=1S/C36H39N3O6/c1-22(2)19-25-13-10-16-28(40-7)31(25)43-34-37-35(44-32-26(20-23(3)4)14-11-17-29(32)41-8)39-36(38-34)45-33-27(21-24(5)6)15-12-18-30(33)42-9/h10-18H,1,3,5,19-21H2,2,4,6-9H3. The molecule has 3 aromatic carbocycles. The predicted molar refractivity (Wildman–Crippen MR) is 175 cm³/mol. The highest BCUT2D eigenvalue weighted by molar-refractivity contribution is 5.52. The Balaban J connectivity index is 1.87. The Hall–Kier alpha value is -5.31. The van der Waals surface area contributed by atoms with Crippen molar-refractivity contribution in [3.63, 3.8) is 0 Å². The van der Waals surface area contributed by atoms with Gasteiger partial charge in [0.1, 0.15) is 0 Å². The molecule has 0 aliphatic carbocycles. The topological polar surface area (TPSA) is 94.1 Å². The van der Waals surface area contributed by atoms with Gasteiger partial charge in [0.25, 0.3) is 0 Å². The summed E-state index contributed by atoms with van der Waals surface area (Å²) < 4.78 is 35.8. The van der Waals surface area contributed by atoms with Crippen LogP contribution in [0.25, 0.3) is 0 Å². The van der Waals surface area contributed by atoms with Crippen molar-refractivity contribution in [3.8, 4) is 52.5 Å². The molecule has 1 heterocycles. The lowest BCUT2D eigenvalue weighted by molar-refractivity contribution is 0.325. The number of rotatable bonds is 15. The molecule has 1 aromatic heterocycles. The van der Waals surface area contributed by atoms with E-state index in [1.165, 1.54) is 0 Å².